The smallest absolute Gasteiger partial charge is 0.249 e. The quantitative estimate of drug-likeness (QED) is 0.769. The topological polar surface area (TPSA) is 12.0 Å². The molecule has 1 N–H and O–H groups in total. The van der Waals surface area contributed by atoms with Crippen LogP contribution in [0.4, 0.5) is 8.78 Å². The number of nitrogens with one attached hydrogen (secondary N) is 1. The maximum Gasteiger partial charge on any atom is 0.249 e. The van der Waals surface area contributed by atoms with E-state index in [0.717, 1.165) is 18.6 Å². The first-order chi connectivity index (χ1) is 6.66. The van der Waals surface area contributed by atoms with E-state index in [-0.39, 0.29) is 18.9 Å². The highest BCUT2D eigenvalue weighted by atomic mass is 32.2. The number of hydrogen-bond donors (Lipinski definition) is 1. The SMILES string of the molecule is FC1(F)CCC[C@@H](N[C@H]2CCSC2)C1. The summed E-state index contributed by atoms with van der Waals surface area (Å²) in [5.74, 6) is -0.134. The van der Waals surface area contributed by atoms with E-state index >= 15 is 0 Å². The van der Waals surface area contributed by atoms with Gasteiger partial charge in [0.2, 0.25) is 5.92 Å². The van der Waals surface area contributed by atoms with Gasteiger partial charge in [0.25, 0.3) is 0 Å². The van der Waals surface area contributed by atoms with Gasteiger partial charge in [0.1, 0.15) is 0 Å². The van der Waals surface area contributed by atoms with Crippen LogP contribution in [0.3, 0.4) is 0 Å². The van der Waals surface area contributed by atoms with Crippen molar-refractivity contribution in [3.05, 3.63) is 0 Å². The van der Waals surface area contributed by atoms with Gasteiger partial charge in [-0.05, 0) is 25.0 Å². The maximum absolute atomic E-state index is 13.1. The highest BCUT2D eigenvalue weighted by molar-refractivity contribution is 7.99. The Morgan fingerprint density at radius 3 is 2.71 bits per heavy atom. The first-order valence-corrected chi connectivity index (χ1v) is 6.53. The van der Waals surface area contributed by atoms with Crippen LogP contribution in [-0.4, -0.2) is 29.5 Å². The van der Waals surface area contributed by atoms with Crippen molar-refractivity contribution in [1.29, 1.82) is 0 Å². The molecule has 0 aromatic rings. The lowest BCUT2D eigenvalue weighted by atomic mass is 9.91. The molecule has 82 valence electrons. The Kier molecular flexibility index (Phi) is 3.32. The second kappa shape index (κ2) is 4.35. The molecule has 1 saturated carbocycles. The zero-order valence-corrected chi connectivity index (χ0v) is 9.09. The minimum Gasteiger partial charge on any atom is -0.310 e. The Balaban J connectivity index is 1.79. The summed E-state index contributed by atoms with van der Waals surface area (Å²) in [4.78, 5) is 0. The van der Waals surface area contributed by atoms with Gasteiger partial charge in [0, 0.05) is 30.7 Å². The summed E-state index contributed by atoms with van der Waals surface area (Å²) in [5.41, 5.74) is 0. The predicted octanol–water partition coefficient (Wildman–Crippen LogP) is 2.66. The first kappa shape index (κ1) is 10.7. The van der Waals surface area contributed by atoms with Crippen molar-refractivity contribution < 1.29 is 8.78 Å². The Labute approximate surface area is 88.0 Å². The third-order valence-corrected chi connectivity index (χ3v) is 4.20. The van der Waals surface area contributed by atoms with E-state index in [4.69, 9.17) is 0 Å². The molecule has 0 bridgehead atoms. The van der Waals surface area contributed by atoms with Crippen LogP contribution < -0.4 is 5.32 Å². The van der Waals surface area contributed by atoms with Crippen LogP contribution in [0.25, 0.3) is 0 Å². The Morgan fingerprint density at radius 2 is 2.07 bits per heavy atom. The van der Waals surface area contributed by atoms with Crippen molar-refractivity contribution >= 4 is 11.8 Å². The van der Waals surface area contributed by atoms with Crippen LogP contribution in [0.5, 0.6) is 0 Å². The van der Waals surface area contributed by atoms with Gasteiger partial charge >= 0.3 is 0 Å². The van der Waals surface area contributed by atoms with Gasteiger partial charge in [0.05, 0.1) is 0 Å². The third kappa shape index (κ3) is 2.83. The Morgan fingerprint density at radius 1 is 1.21 bits per heavy atom. The fraction of sp³-hybridized carbons (Fsp3) is 1.00. The standard InChI is InChI=1S/C10H17F2NS/c11-10(12)4-1-2-8(6-10)13-9-3-5-14-7-9/h8-9,13H,1-7H2/t8-,9+/m1/s1. The van der Waals surface area contributed by atoms with Crippen molar-refractivity contribution in [2.75, 3.05) is 11.5 Å². The second-order valence-corrected chi connectivity index (χ2v) is 5.53. The molecule has 1 aliphatic heterocycles. The summed E-state index contributed by atoms with van der Waals surface area (Å²) >= 11 is 1.92. The Hall–Kier alpha value is 0.170. The van der Waals surface area contributed by atoms with Crippen LogP contribution in [0.2, 0.25) is 0 Å². The lowest BCUT2D eigenvalue weighted by Crippen LogP contribution is -2.44. The first-order valence-electron chi connectivity index (χ1n) is 5.37. The molecule has 0 aromatic heterocycles. The molecule has 2 atom stereocenters. The largest absolute Gasteiger partial charge is 0.310 e. The molecular weight excluding hydrogens is 204 g/mol. The molecule has 1 saturated heterocycles. The van der Waals surface area contributed by atoms with Gasteiger partial charge in [0.15, 0.2) is 0 Å². The average molecular weight is 221 g/mol. The highest BCUT2D eigenvalue weighted by Crippen LogP contribution is 2.33. The third-order valence-electron chi connectivity index (χ3n) is 3.04. The number of halogens is 2. The lowest BCUT2D eigenvalue weighted by Gasteiger charge is -2.31. The van der Waals surface area contributed by atoms with Crippen molar-refractivity contribution in [2.24, 2.45) is 0 Å². The number of hydrogen-bond acceptors (Lipinski definition) is 2. The highest BCUT2D eigenvalue weighted by Gasteiger charge is 2.36. The number of thioether (sulfide) groups is 1. The van der Waals surface area contributed by atoms with E-state index in [2.05, 4.69) is 5.32 Å². The molecule has 2 aliphatic rings. The summed E-state index contributed by atoms with van der Waals surface area (Å²) in [6.45, 7) is 0. The van der Waals surface area contributed by atoms with Gasteiger partial charge in [-0.2, -0.15) is 11.8 Å². The summed E-state index contributed by atoms with van der Waals surface area (Å²) in [6.07, 6.45) is 2.88. The molecule has 0 amide bonds. The molecule has 1 heterocycles. The van der Waals surface area contributed by atoms with Crippen molar-refractivity contribution in [3.63, 3.8) is 0 Å². The summed E-state index contributed by atoms with van der Waals surface area (Å²) in [6, 6.07) is 0.543. The molecule has 2 rings (SSSR count). The van der Waals surface area contributed by atoms with E-state index in [0.29, 0.717) is 12.5 Å². The molecule has 1 aliphatic carbocycles. The van der Waals surface area contributed by atoms with Crippen LogP contribution in [-0.2, 0) is 0 Å². The molecule has 0 radical (unpaired) electrons. The van der Waals surface area contributed by atoms with Gasteiger partial charge in [-0.25, -0.2) is 8.78 Å². The molecule has 14 heavy (non-hydrogen) atoms. The zero-order chi connectivity index (χ0) is 10.0. The van der Waals surface area contributed by atoms with Gasteiger partial charge in [-0.15, -0.1) is 0 Å². The summed E-state index contributed by atoms with van der Waals surface area (Å²) in [7, 11) is 0. The minimum absolute atomic E-state index is 0.0498. The molecule has 1 nitrogen and oxygen atoms in total. The minimum atomic E-state index is -2.42. The number of alkyl halides is 2. The van der Waals surface area contributed by atoms with E-state index in [1.165, 1.54) is 5.75 Å². The van der Waals surface area contributed by atoms with E-state index < -0.39 is 5.92 Å². The van der Waals surface area contributed by atoms with Crippen LogP contribution >= 0.6 is 11.8 Å². The maximum atomic E-state index is 13.1. The van der Waals surface area contributed by atoms with E-state index in [1.807, 2.05) is 11.8 Å². The fourth-order valence-corrected chi connectivity index (χ4v) is 3.48. The Bertz CT molecular complexity index is 193. The summed E-state index contributed by atoms with van der Waals surface area (Å²) < 4.78 is 26.2. The molecule has 2 fully saturated rings. The van der Waals surface area contributed by atoms with Crippen LogP contribution in [0.15, 0.2) is 0 Å². The molecule has 0 unspecified atom stereocenters. The summed E-state index contributed by atoms with van der Waals surface area (Å²) in [5, 5.41) is 3.37. The zero-order valence-electron chi connectivity index (χ0n) is 8.27. The van der Waals surface area contributed by atoms with Crippen molar-refractivity contribution in [2.45, 2.75) is 50.1 Å². The van der Waals surface area contributed by atoms with Gasteiger partial charge < -0.3 is 5.32 Å². The van der Waals surface area contributed by atoms with Crippen LogP contribution in [0.1, 0.15) is 32.1 Å². The predicted molar refractivity (Wildman–Crippen MR) is 56.1 cm³/mol. The van der Waals surface area contributed by atoms with E-state index in [9.17, 15) is 8.78 Å². The van der Waals surface area contributed by atoms with Gasteiger partial charge in [-0.1, -0.05) is 0 Å². The average Bonchev–Trinajstić information content (AvgIpc) is 2.54. The monoisotopic (exact) mass is 221 g/mol. The molecule has 4 heteroatoms. The molecule has 0 spiro atoms. The van der Waals surface area contributed by atoms with Gasteiger partial charge in [-0.3, -0.25) is 0 Å². The fourth-order valence-electron chi connectivity index (χ4n) is 2.31. The normalized spacial score (nSPS) is 37.3. The second-order valence-electron chi connectivity index (χ2n) is 4.38. The van der Waals surface area contributed by atoms with Crippen LogP contribution in [0, 0.1) is 0 Å². The molecule has 0 aromatic carbocycles. The molecular formula is C10H17F2NS. The van der Waals surface area contributed by atoms with E-state index in [1.54, 1.807) is 0 Å². The number of rotatable bonds is 2. The lowest BCUT2D eigenvalue weighted by molar-refractivity contribution is -0.0449. The van der Waals surface area contributed by atoms with Crippen molar-refractivity contribution in [3.8, 4) is 0 Å². The van der Waals surface area contributed by atoms with Crippen molar-refractivity contribution in [1.82, 2.24) is 5.32 Å².